The summed E-state index contributed by atoms with van der Waals surface area (Å²) < 4.78 is 5.17. The Balaban J connectivity index is 2.12. The molecule has 1 unspecified atom stereocenters. The Bertz CT molecular complexity index is 537. The van der Waals surface area contributed by atoms with Crippen LogP contribution in [-0.4, -0.2) is 17.2 Å². The number of methoxy groups -OCH3 is 1. The molecule has 0 aliphatic heterocycles. The molecule has 0 saturated heterocycles. The van der Waals surface area contributed by atoms with Crippen molar-refractivity contribution in [1.29, 1.82) is 0 Å². The minimum Gasteiger partial charge on any atom is -0.388 e. The van der Waals surface area contributed by atoms with E-state index in [-0.39, 0.29) is 0 Å². The van der Waals surface area contributed by atoms with Crippen molar-refractivity contribution in [3.8, 4) is 0 Å². The van der Waals surface area contributed by atoms with Gasteiger partial charge in [0.2, 0.25) is 0 Å². The van der Waals surface area contributed by atoms with E-state index in [4.69, 9.17) is 4.74 Å². The second-order valence-electron chi connectivity index (χ2n) is 4.86. The number of rotatable bonds is 6. The molecule has 0 amide bonds. The Morgan fingerprint density at radius 3 is 2.65 bits per heavy atom. The van der Waals surface area contributed by atoms with Crippen molar-refractivity contribution in [1.82, 2.24) is 4.98 Å². The number of hydrogen-bond donors (Lipinski definition) is 1. The molecule has 1 heterocycles. The molecule has 0 fully saturated rings. The normalized spacial score (nSPS) is 12.3. The predicted molar refractivity (Wildman–Crippen MR) is 79.4 cm³/mol. The third-order valence-corrected chi connectivity index (χ3v) is 3.41. The molecule has 1 aromatic heterocycles. The van der Waals surface area contributed by atoms with Crippen molar-refractivity contribution in [2.24, 2.45) is 0 Å². The summed E-state index contributed by atoms with van der Waals surface area (Å²) in [6, 6.07) is 11.9. The largest absolute Gasteiger partial charge is 0.388 e. The Morgan fingerprint density at radius 1 is 1.20 bits per heavy atom. The molecular weight excluding hydrogens is 250 g/mol. The first kappa shape index (κ1) is 14.7. The molecule has 0 aliphatic carbocycles. The standard InChI is InChI=1S/C17H21NO2/c1-3-13-8-9-15(18-11-13)10-17(19)16-7-5-4-6-14(16)12-20-2/h4-9,11,17,19H,3,10,12H2,1-2H3. The maximum absolute atomic E-state index is 10.4. The average molecular weight is 271 g/mol. The molecule has 3 nitrogen and oxygen atoms in total. The van der Waals surface area contributed by atoms with E-state index in [9.17, 15) is 5.11 Å². The number of nitrogens with zero attached hydrogens (tertiary/aromatic N) is 1. The van der Waals surface area contributed by atoms with Crippen LogP contribution < -0.4 is 0 Å². The number of aliphatic hydroxyl groups is 1. The summed E-state index contributed by atoms with van der Waals surface area (Å²) in [5, 5.41) is 10.4. The topological polar surface area (TPSA) is 42.4 Å². The molecule has 2 aromatic rings. The van der Waals surface area contributed by atoms with Crippen LogP contribution in [0.3, 0.4) is 0 Å². The monoisotopic (exact) mass is 271 g/mol. The van der Waals surface area contributed by atoms with E-state index in [1.807, 2.05) is 36.5 Å². The maximum Gasteiger partial charge on any atom is 0.0848 e. The maximum atomic E-state index is 10.4. The Kier molecular flexibility index (Phi) is 5.27. The Hall–Kier alpha value is -1.71. The highest BCUT2D eigenvalue weighted by atomic mass is 16.5. The van der Waals surface area contributed by atoms with E-state index in [0.717, 1.165) is 23.2 Å². The molecule has 1 N–H and O–H groups in total. The van der Waals surface area contributed by atoms with Crippen LogP contribution in [0.5, 0.6) is 0 Å². The molecule has 1 aromatic carbocycles. The van der Waals surface area contributed by atoms with Crippen LogP contribution in [0, 0.1) is 0 Å². The fourth-order valence-electron chi connectivity index (χ4n) is 2.24. The third kappa shape index (κ3) is 3.65. The van der Waals surface area contributed by atoms with Gasteiger partial charge in [-0.2, -0.15) is 0 Å². The fourth-order valence-corrected chi connectivity index (χ4v) is 2.24. The van der Waals surface area contributed by atoms with Gasteiger partial charge in [0, 0.05) is 25.4 Å². The SMILES string of the molecule is CCc1ccc(CC(O)c2ccccc2COC)nc1. The van der Waals surface area contributed by atoms with Crippen molar-refractivity contribution in [3.63, 3.8) is 0 Å². The highest BCUT2D eigenvalue weighted by Crippen LogP contribution is 2.22. The van der Waals surface area contributed by atoms with Crippen LogP contribution in [0.25, 0.3) is 0 Å². The van der Waals surface area contributed by atoms with Crippen LogP contribution in [0.1, 0.15) is 35.4 Å². The predicted octanol–water partition coefficient (Wildman–Crippen LogP) is 3.07. The van der Waals surface area contributed by atoms with Crippen LogP contribution in [0.15, 0.2) is 42.6 Å². The molecule has 0 spiro atoms. The van der Waals surface area contributed by atoms with Crippen molar-refractivity contribution in [2.45, 2.75) is 32.5 Å². The summed E-state index contributed by atoms with van der Waals surface area (Å²) in [4.78, 5) is 4.40. The molecule has 20 heavy (non-hydrogen) atoms. The zero-order valence-electron chi connectivity index (χ0n) is 12.0. The van der Waals surface area contributed by atoms with Crippen molar-refractivity contribution >= 4 is 0 Å². The number of ether oxygens (including phenoxy) is 1. The first-order chi connectivity index (χ1) is 9.74. The molecule has 0 aliphatic rings. The van der Waals surface area contributed by atoms with E-state index < -0.39 is 6.10 Å². The minimum atomic E-state index is -0.554. The summed E-state index contributed by atoms with van der Waals surface area (Å²) in [6.07, 6.45) is 2.82. The molecule has 0 radical (unpaired) electrons. The van der Waals surface area contributed by atoms with Gasteiger partial charge in [0.05, 0.1) is 12.7 Å². The van der Waals surface area contributed by atoms with Gasteiger partial charge in [0.25, 0.3) is 0 Å². The van der Waals surface area contributed by atoms with Crippen LogP contribution in [0.2, 0.25) is 0 Å². The molecule has 0 saturated carbocycles. The molecule has 2 rings (SSSR count). The molecule has 3 heteroatoms. The van der Waals surface area contributed by atoms with Crippen LogP contribution in [0.4, 0.5) is 0 Å². The number of pyridine rings is 1. The lowest BCUT2D eigenvalue weighted by Gasteiger charge is -2.15. The van der Waals surface area contributed by atoms with Crippen LogP contribution >= 0.6 is 0 Å². The molecule has 1 atom stereocenters. The lowest BCUT2D eigenvalue weighted by atomic mass is 9.99. The highest BCUT2D eigenvalue weighted by molar-refractivity contribution is 5.29. The number of hydrogen-bond acceptors (Lipinski definition) is 3. The smallest absolute Gasteiger partial charge is 0.0848 e. The van der Waals surface area contributed by atoms with Gasteiger partial charge < -0.3 is 9.84 Å². The molecular formula is C17H21NO2. The summed E-state index contributed by atoms with van der Waals surface area (Å²) in [5.74, 6) is 0. The van der Waals surface area contributed by atoms with E-state index >= 15 is 0 Å². The summed E-state index contributed by atoms with van der Waals surface area (Å²) in [7, 11) is 1.66. The van der Waals surface area contributed by atoms with E-state index in [1.165, 1.54) is 5.56 Å². The zero-order valence-corrected chi connectivity index (χ0v) is 12.0. The van der Waals surface area contributed by atoms with Crippen molar-refractivity contribution < 1.29 is 9.84 Å². The van der Waals surface area contributed by atoms with E-state index in [0.29, 0.717) is 13.0 Å². The van der Waals surface area contributed by atoms with Gasteiger partial charge in [-0.15, -0.1) is 0 Å². The number of aromatic nitrogens is 1. The number of benzene rings is 1. The first-order valence-electron chi connectivity index (χ1n) is 6.93. The fraction of sp³-hybridized carbons (Fsp3) is 0.353. The lowest BCUT2D eigenvalue weighted by Crippen LogP contribution is -2.07. The van der Waals surface area contributed by atoms with Crippen LogP contribution in [-0.2, 0) is 24.2 Å². The van der Waals surface area contributed by atoms with Crippen molar-refractivity contribution in [2.75, 3.05) is 7.11 Å². The Labute approximate surface area is 120 Å². The van der Waals surface area contributed by atoms with Crippen molar-refractivity contribution in [3.05, 3.63) is 65.0 Å². The number of aryl methyl sites for hydroxylation is 1. The van der Waals surface area contributed by atoms with E-state index in [2.05, 4.69) is 18.0 Å². The zero-order chi connectivity index (χ0) is 14.4. The van der Waals surface area contributed by atoms with Gasteiger partial charge in [-0.1, -0.05) is 37.3 Å². The lowest BCUT2D eigenvalue weighted by molar-refractivity contribution is 0.161. The van der Waals surface area contributed by atoms with Gasteiger partial charge in [-0.25, -0.2) is 0 Å². The average Bonchev–Trinajstić information content (AvgIpc) is 2.49. The second kappa shape index (κ2) is 7.17. The highest BCUT2D eigenvalue weighted by Gasteiger charge is 2.13. The summed E-state index contributed by atoms with van der Waals surface area (Å²) >= 11 is 0. The van der Waals surface area contributed by atoms with Gasteiger partial charge in [0.15, 0.2) is 0 Å². The van der Waals surface area contributed by atoms with Gasteiger partial charge >= 0.3 is 0 Å². The Morgan fingerprint density at radius 2 is 2.00 bits per heavy atom. The summed E-state index contributed by atoms with van der Waals surface area (Å²) in [6.45, 7) is 2.61. The van der Waals surface area contributed by atoms with E-state index in [1.54, 1.807) is 7.11 Å². The van der Waals surface area contributed by atoms with Gasteiger partial charge in [0.1, 0.15) is 0 Å². The third-order valence-electron chi connectivity index (χ3n) is 3.41. The summed E-state index contributed by atoms with van der Waals surface area (Å²) in [5.41, 5.74) is 4.05. The first-order valence-corrected chi connectivity index (χ1v) is 6.93. The minimum absolute atomic E-state index is 0.509. The van der Waals surface area contributed by atoms with Gasteiger partial charge in [-0.05, 0) is 29.2 Å². The quantitative estimate of drug-likeness (QED) is 0.878. The second-order valence-corrected chi connectivity index (χ2v) is 4.86. The molecule has 0 bridgehead atoms. The van der Waals surface area contributed by atoms with Gasteiger partial charge in [-0.3, -0.25) is 4.98 Å². The molecule has 106 valence electrons. The number of aliphatic hydroxyl groups excluding tert-OH is 1.